The van der Waals surface area contributed by atoms with Crippen molar-refractivity contribution in [2.45, 2.75) is 75.7 Å². The molecule has 4 aliphatic rings. The number of rotatable bonds is 5. The van der Waals surface area contributed by atoms with Gasteiger partial charge in [-0.2, -0.15) is 0 Å². The van der Waals surface area contributed by atoms with Gasteiger partial charge in [-0.3, -0.25) is 14.5 Å². The van der Waals surface area contributed by atoms with Crippen LogP contribution in [-0.2, 0) is 15.4 Å². The molecule has 2 spiro atoms. The first-order valence-electron chi connectivity index (χ1n) is 13.3. The van der Waals surface area contributed by atoms with E-state index in [0.29, 0.717) is 28.9 Å². The van der Waals surface area contributed by atoms with Gasteiger partial charge < -0.3 is 10.0 Å². The summed E-state index contributed by atoms with van der Waals surface area (Å²) in [5.41, 5.74) is 3.92. The lowest BCUT2D eigenvalue weighted by atomic mass is 9.66. The second-order valence-electron chi connectivity index (χ2n) is 11.7. The maximum atomic E-state index is 13.9. The number of carbonyl (C=O) groups is 1. The largest absolute Gasteiger partial charge is 0.387 e. The number of sulfonamides is 1. The maximum absolute atomic E-state index is 13.9. The smallest absolute Gasteiger partial charge is 0.258 e. The predicted octanol–water partition coefficient (Wildman–Crippen LogP) is 4.93. The fourth-order valence-corrected chi connectivity index (χ4v) is 7.46. The minimum atomic E-state index is -3.40. The molecule has 36 heavy (non-hydrogen) atoms. The Balaban J connectivity index is 1.33. The lowest BCUT2D eigenvalue weighted by Crippen LogP contribution is -2.40. The molecule has 1 atom stereocenters. The van der Waals surface area contributed by atoms with Crippen LogP contribution in [0.25, 0.3) is 0 Å². The third-order valence-corrected chi connectivity index (χ3v) is 9.88. The Morgan fingerprint density at radius 1 is 1.08 bits per heavy atom. The topological polar surface area (TPSA) is 99.6 Å². The highest BCUT2D eigenvalue weighted by Gasteiger charge is 2.53. The summed E-state index contributed by atoms with van der Waals surface area (Å²) in [7, 11) is -3.40. The molecule has 0 unspecified atom stereocenters. The summed E-state index contributed by atoms with van der Waals surface area (Å²) in [6, 6.07) is 9.06. The second-order valence-corrected chi connectivity index (χ2v) is 13.5. The molecule has 3 fully saturated rings. The van der Waals surface area contributed by atoms with E-state index in [4.69, 9.17) is 0 Å². The molecule has 6 rings (SSSR count). The van der Waals surface area contributed by atoms with Crippen LogP contribution in [0.4, 0.5) is 11.4 Å². The molecule has 2 heterocycles. The third-order valence-electron chi connectivity index (χ3n) is 9.27. The molecule has 0 radical (unpaired) electrons. The molecule has 1 aromatic heterocycles. The zero-order valence-electron chi connectivity index (χ0n) is 20.9. The summed E-state index contributed by atoms with van der Waals surface area (Å²) in [4.78, 5) is 20.2. The molecule has 2 N–H and O–H groups in total. The SMILES string of the molecule is CS(=O)(=O)Nc1ccc2c(c1)C1(CCC3(CC3)CC1)CN2C(=O)c1ccnc([C@H](O)C2CCCC2)c1. The van der Waals surface area contributed by atoms with Gasteiger partial charge in [-0.15, -0.1) is 0 Å². The van der Waals surface area contributed by atoms with Crippen molar-refractivity contribution in [3.8, 4) is 0 Å². The summed E-state index contributed by atoms with van der Waals surface area (Å²) in [6.45, 7) is 0.600. The number of aromatic nitrogens is 1. The van der Waals surface area contributed by atoms with Crippen LogP contribution in [-0.4, -0.2) is 37.2 Å². The molecule has 0 saturated heterocycles. The molecule has 7 nitrogen and oxygen atoms in total. The monoisotopic (exact) mass is 509 g/mol. The van der Waals surface area contributed by atoms with Crippen molar-refractivity contribution >= 4 is 27.3 Å². The van der Waals surface area contributed by atoms with Crippen molar-refractivity contribution < 1.29 is 18.3 Å². The number of fused-ring (bicyclic) bond motifs is 2. The van der Waals surface area contributed by atoms with Crippen molar-refractivity contribution in [2.24, 2.45) is 11.3 Å². The molecular weight excluding hydrogens is 474 g/mol. The molecule has 1 aliphatic heterocycles. The van der Waals surface area contributed by atoms with Crippen LogP contribution >= 0.6 is 0 Å². The average Bonchev–Trinajstić information content (AvgIpc) is 3.27. The standard InChI is InChI=1S/C28H35N3O4S/c1-36(34,35)30-21-6-7-24-22(17-21)28(13-11-27(9-10-27)12-14-28)18-31(24)26(33)20-8-15-29-23(16-20)25(32)19-4-2-3-5-19/h6-8,15-17,19,25,30,32H,2-5,9-14,18H2,1H3/t25-/m1/s1. The number of carbonyl (C=O) groups excluding carboxylic acids is 1. The molecular formula is C28H35N3O4S. The summed E-state index contributed by atoms with van der Waals surface area (Å²) in [6.07, 6.45) is 13.3. The van der Waals surface area contributed by atoms with E-state index < -0.39 is 16.1 Å². The van der Waals surface area contributed by atoms with Crippen molar-refractivity contribution in [3.05, 3.63) is 53.3 Å². The highest BCUT2D eigenvalue weighted by molar-refractivity contribution is 7.92. The fourth-order valence-electron chi connectivity index (χ4n) is 6.90. The third kappa shape index (κ3) is 4.32. The van der Waals surface area contributed by atoms with Gasteiger partial charge in [0, 0.05) is 35.1 Å². The van der Waals surface area contributed by atoms with Gasteiger partial charge in [0.2, 0.25) is 10.0 Å². The predicted molar refractivity (Wildman–Crippen MR) is 140 cm³/mol. The Labute approximate surface area is 213 Å². The number of aliphatic hydroxyl groups is 1. The first-order chi connectivity index (χ1) is 17.2. The van der Waals surface area contributed by atoms with Crippen LogP contribution in [0.15, 0.2) is 36.5 Å². The first-order valence-corrected chi connectivity index (χ1v) is 15.1. The minimum absolute atomic E-state index is 0.0917. The summed E-state index contributed by atoms with van der Waals surface area (Å²) < 4.78 is 26.4. The number of nitrogens with zero attached hydrogens (tertiary/aromatic N) is 2. The number of amides is 1. The number of hydrogen-bond donors (Lipinski definition) is 2. The van der Waals surface area contributed by atoms with Crippen molar-refractivity contribution in [2.75, 3.05) is 22.4 Å². The van der Waals surface area contributed by atoms with Gasteiger partial charge in [-0.05, 0) is 98.6 Å². The second kappa shape index (κ2) is 8.55. The maximum Gasteiger partial charge on any atom is 0.258 e. The van der Waals surface area contributed by atoms with Crippen LogP contribution in [0.1, 0.15) is 91.9 Å². The minimum Gasteiger partial charge on any atom is -0.387 e. The molecule has 2 aromatic rings. The Kier molecular flexibility index (Phi) is 5.68. The summed E-state index contributed by atoms with van der Waals surface area (Å²) in [5.74, 6) is 0.113. The van der Waals surface area contributed by atoms with Gasteiger partial charge in [0.05, 0.1) is 18.1 Å². The normalized spacial score (nSPS) is 23.1. The number of hydrogen-bond acceptors (Lipinski definition) is 5. The van der Waals surface area contributed by atoms with E-state index in [-0.39, 0.29) is 17.2 Å². The van der Waals surface area contributed by atoms with Crippen LogP contribution in [0.5, 0.6) is 0 Å². The van der Waals surface area contributed by atoms with Crippen molar-refractivity contribution in [1.82, 2.24) is 4.98 Å². The highest BCUT2D eigenvalue weighted by atomic mass is 32.2. The van der Waals surface area contributed by atoms with Gasteiger partial charge in [-0.25, -0.2) is 8.42 Å². The van der Waals surface area contributed by atoms with E-state index in [0.717, 1.165) is 68.9 Å². The number of benzene rings is 1. The van der Waals surface area contributed by atoms with E-state index in [1.807, 2.05) is 17.0 Å². The number of pyridine rings is 1. The first kappa shape index (κ1) is 23.9. The molecule has 8 heteroatoms. The zero-order chi connectivity index (χ0) is 25.1. The number of aliphatic hydroxyl groups excluding tert-OH is 1. The molecule has 1 aromatic carbocycles. The molecule has 3 saturated carbocycles. The Morgan fingerprint density at radius 3 is 2.44 bits per heavy atom. The van der Waals surface area contributed by atoms with Gasteiger partial charge in [-0.1, -0.05) is 12.8 Å². The Morgan fingerprint density at radius 2 is 1.78 bits per heavy atom. The Bertz CT molecular complexity index is 1290. The van der Waals surface area contributed by atoms with E-state index in [1.165, 1.54) is 12.8 Å². The molecule has 0 bridgehead atoms. The van der Waals surface area contributed by atoms with E-state index >= 15 is 0 Å². The van der Waals surface area contributed by atoms with E-state index in [9.17, 15) is 18.3 Å². The Hall–Kier alpha value is -2.45. The molecule has 3 aliphatic carbocycles. The highest BCUT2D eigenvalue weighted by Crippen LogP contribution is 2.62. The van der Waals surface area contributed by atoms with Crippen molar-refractivity contribution in [1.29, 1.82) is 0 Å². The van der Waals surface area contributed by atoms with Crippen LogP contribution < -0.4 is 9.62 Å². The fraction of sp³-hybridized carbons (Fsp3) is 0.571. The number of nitrogens with one attached hydrogen (secondary N) is 1. The van der Waals surface area contributed by atoms with Gasteiger partial charge in [0.15, 0.2) is 0 Å². The quantitative estimate of drug-likeness (QED) is 0.595. The summed E-state index contributed by atoms with van der Waals surface area (Å²) in [5, 5.41) is 10.9. The van der Waals surface area contributed by atoms with Gasteiger partial charge in [0.1, 0.15) is 0 Å². The lowest BCUT2D eigenvalue weighted by Gasteiger charge is -2.38. The lowest BCUT2D eigenvalue weighted by molar-refractivity contribution is 0.0976. The van der Waals surface area contributed by atoms with Gasteiger partial charge >= 0.3 is 0 Å². The van der Waals surface area contributed by atoms with Gasteiger partial charge in [0.25, 0.3) is 5.91 Å². The molecule has 1 amide bonds. The zero-order valence-corrected chi connectivity index (χ0v) is 21.7. The molecule has 192 valence electrons. The number of anilines is 2. The van der Waals surface area contributed by atoms with Crippen LogP contribution in [0, 0.1) is 11.3 Å². The average molecular weight is 510 g/mol. The van der Waals surface area contributed by atoms with E-state index in [2.05, 4.69) is 9.71 Å². The van der Waals surface area contributed by atoms with Crippen LogP contribution in [0.3, 0.4) is 0 Å². The van der Waals surface area contributed by atoms with Crippen molar-refractivity contribution in [3.63, 3.8) is 0 Å². The van der Waals surface area contributed by atoms with Crippen LogP contribution in [0.2, 0.25) is 0 Å². The van der Waals surface area contributed by atoms with E-state index in [1.54, 1.807) is 24.4 Å². The summed E-state index contributed by atoms with van der Waals surface area (Å²) >= 11 is 0.